The summed E-state index contributed by atoms with van der Waals surface area (Å²) in [6, 6.07) is 1.97. The fourth-order valence-corrected chi connectivity index (χ4v) is 5.68. The first-order valence-corrected chi connectivity index (χ1v) is 9.91. The Labute approximate surface area is 133 Å². The Balaban J connectivity index is 1.52. The third kappa shape index (κ3) is 2.59. The van der Waals surface area contributed by atoms with Crippen molar-refractivity contribution >= 4 is 36.7 Å². The highest BCUT2D eigenvalue weighted by Crippen LogP contribution is 2.32. The normalized spacial score (nSPS) is 21.2. The molecule has 1 saturated heterocycles. The number of hydrogen-bond donors (Lipinski definition) is 0. The first kappa shape index (κ1) is 14.3. The van der Waals surface area contributed by atoms with Crippen LogP contribution in [-0.2, 0) is 10.0 Å². The Morgan fingerprint density at radius 2 is 2.05 bits per heavy atom. The Morgan fingerprint density at radius 3 is 2.82 bits per heavy atom. The molecule has 8 heteroatoms. The van der Waals surface area contributed by atoms with Crippen LogP contribution in [0.25, 0.3) is 10.2 Å². The molecule has 0 unspecified atom stereocenters. The van der Waals surface area contributed by atoms with Gasteiger partial charge in [0.25, 0.3) is 0 Å². The molecule has 1 aliphatic carbocycles. The molecule has 118 valence electrons. The summed E-state index contributed by atoms with van der Waals surface area (Å²) in [5.74, 6) is 0. The van der Waals surface area contributed by atoms with E-state index in [4.69, 9.17) is 0 Å². The highest BCUT2D eigenvalue weighted by Gasteiger charge is 2.40. The quantitative estimate of drug-likeness (QED) is 0.852. The second-order valence-corrected chi connectivity index (χ2v) is 9.05. The zero-order valence-electron chi connectivity index (χ0n) is 12.2. The van der Waals surface area contributed by atoms with Crippen molar-refractivity contribution in [1.82, 2.24) is 14.3 Å². The molecule has 3 heterocycles. The van der Waals surface area contributed by atoms with Gasteiger partial charge in [-0.25, -0.2) is 13.4 Å². The van der Waals surface area contributed by atoms with Crippen LogP contribution in [0.4, 0.5) is 5.13 Å². The van der Waals surface area contributed by atoms with Gasteiger partial charge in [-0.2, -0.15) is 4.31 Å². The smallest absolute Gasteiger partial charge is 0.217 e. The van der Waals surface area contributed by atoms with E-state index < -0.39 is 10.0 Å². The molecule has 0 bridgehead atoms. The van der Waals surface area contributed by atoms with Gasteiger partial charge in [0.2, 0.25) is 10.0 Å². The average molecular weight is 338 g/mol. The molecule has 2 aromatic heterocycles. The second-order valence-electron chi connectivity index (χ2n) is 5.82. The van der Waals surface area contributed by atoms with Crippen molar-refractivity contribution in [1.29, 1.82) is 0 Å². The average Bonchev–Trinajstić information content (AvgIpc) is 3.31. The minimum atomic E-state index is -3.06. The summed E-state index contributed by atoms with van der Waals surface area (Å²) in [6.07, 6.45) is 6.05. The molecule has 2 aromatic rings. The van der Waals surface area contributed by atoms with Gasteiger partial charge in [0.05, 0.1) is 16.1 Å². The summed E-state index contributed by atoms with van der Waals surface area (Å²) in [5.41, 5.74) is 0.911. The molecule has 4 rings (SSSR count). The molecular formula is C14H18N4O2S2. The molecule has 0 spiro atoms. The number of anilines is 1. The van der Waals surface area contributed by atoms with E-state index in [-0.39, 0.29) is 5.25 Å². The zero-order chi connectivity index (χ0) is 15.2. The molecule has 2 aliphatic rings. The molecule has 6 nitrogen and oxygen atoms in total. The fourth-order valence-electron chi connectivity index (χ4n) is 2.82. The number of pyridine rings is 1. The zero-order valence-corrected chi connectivity index (χ0v) is 13.8. The summed E-state index contributed by atoms with van der Waals surface area (Å²) < 4.78 is 27.5. The van der Waals surface area contributed by atoms with Crippen LogP contribution in [0.2, 0.25) is 0 Å². The number of sulfonamides is 1. The lowest BCUT2D eigenvalue weighted by Crippen LogP contribution is -2.37. The van der Waals surface area contributed by atoms with Crippen molar-refractivity contribution < 1.29 is 8.42 Å². The van der Waals surface area contributed by atoms with Gasteiger partial charge in [0.15, 0.2) is 5.13 Å². The van der Waals surface area contributed by atoms with Crippen molar-refractivity contribution in [3.8, 4) is 0 Å². The van der Waals surface area contributed by atoms with Gasteiger partial charge in [-0.1, -0.05) is 11.3 Å². The van der Waals surface area contributed by atoms with Gasteiger partial charge in [-0.05, 0) is 25.3 Å². The van der Waals surface area contributed by atoms with Gasteiger partial charge < -0.3 is 4.90 Å². The number of thiazole rings is 1. The lowest BCUT2D eigenvalue weighted by atomic mass is 10.4. The maximum Gasteiger partial charge on any atom is 0.217 e. The number of hydrogen-bond acceptors (Lipinski definition) is 6. The Kier molecular flexibility index (Phi) is 3.54. The molecule has 22 heavy (non-hydrogen) atoms. The maximum atomic E-state index is 12.4. The molecular weight excluding hydrogens is 320 g/mol. The summed E-state index contributed by atoms with van der Waals surface area (Å²) in [5, 5.41) is 0.848. The molecule has 0 N–H and O–H groups in total. The van der Waals surface area contributed by atoms with Gasteiger partial charge in [-0.3, -0.25) is 4.98 Å². The van der Waals surface area contributed by atoms with E-state index >= 15 is 0 Å². The molecule has 1 aliphatic heterocycles. The van der Waals surface area contributed by atoms with Gasteiger partial charge >= 0.3 is 0 Å². The third-order valence-corrected chi connectivity index (χ3v) is 7.71. The van der Waals surface area contributed by atoms with Crippen molar-refractivity contribution in [3.05, 3.63) is 18.5 Å². The number of aromatic nitrogens is 2. The van der Waals surface area contributed by atoms with Crippen LogP contribution in [0.15, 0.2) is 18.5 Å². The summed E-state index contributed by atoms with van der Waals surface area (Å²) in [4.78, 5) is 10.9. The summed E-state index contributed by atoms with van der Waals surface area (Å²) in [7, 11) is -3.06. The predicted molar refractivity (Wildman–Crippen MR) is 87.8 cm³/mol. The summed E-state index contributed by atoms with van der Waals surface area (Å²) in [6.45, 7) is 2.75. The highest BCUT2D eigenvalue weighted by atomic mass is 32.2. The van der Waals surface area contributed by atoms with E-state index in [1.165, 1.54) is 0 Å². The van der Waals surface area contributed by atoms with Crippen molar-refractivity contribution in [3.63, 3.8) is 0 Å². The van der Waals surface area contributed by atoms with Crippen LogP contribution in [0.1, 0.15) is 19.3 Å². The van der Waals surface area contributed by atoms with Crippen molar-refractivity contribution in [2.24, 2.45) is 0 Å². The van der Waals surface area contributed by atoms with Crippen molar-refractivity contribution in [2.45, 2.75) is 24.5 Å². The van der Waals surface area contributed by atoms with E-state index in [2.05, 4.69) is 14.9 Å². The first-order chi connectivity index (χ1) is 10.6. The van der Waals surface area contributed by atoms with E-state index in [1.807, 2.05) is 6.07 Å². The predicted octanol–water partition coefficient (Wildman–Crippen LogP) is 1.70. The lowest BCUT2D eigenvalue weighted by Gasteiger charge is -2.21. The van der Waals surface area contributed by atoms with Crippen LogP contribution in [0, 0.1) is 0 Å². The lowest BCUT2D eigenvalue weighted by molar-refractivity contribution is 0.432. The van der Waals surface area contributed by atoms with Gasteiger partial charge in [0, 0.05) is 32.4 Å². The Morgan fingerprint density at radius 1 is 1.18 bits per heavy atom. The SMILES string of the molecule is O=S(=O)(C1CC1)N1CCCN(c2nc3cnccc3s2)CC1. The van der Waals surface area contributed by atoms with Crippen LogP contribution >= 0.6 is 11.3 Å². The number of fused-ring (bicyclic) bond motifs is 1. The second kappa shape index (κ2) is 5.43. The molecule has 0 radical (unpaired) electrons. The van der Waals surface area contributed by atoms with E-state index in [9.17, 15) is 8.42 Å². The Hall–Kier alpha value is -1.25. The Bertz CT molecular complexity index is 752. The third-order valence-electron chi connectivity index (χ3n) is 4.21. The monoisotopic (exact) mass is 338 g/mol. The van der Waals surface area contributed by atoms with Gasteiger partial charge in [-0.15, -0.1) is 0 Å². The maximum absolute atomic E-state index is 12.4. The molecule has 1 saturated carbocycles. The van der Waals surface area contributed by atoms with Crippen LogP contribution in [0.5, 0.6) is 0 Å². The largest absolute Gasteiger partial charge is 0.347 e. The minimum absolute atomic E-state index is 0.118. The highest BCUT2D eigenvalue weighted by molar-refractivity contribution is 7.90. The van der Waals surface area contributed by atoms with Crippen LogP contribution < -0.4 is 4.90 Å². The van der Waals surface area contributed by atoms with Crippen LogP contribution in [-0.4, -0.2) is 54.1 Å². The van der Waals surface area contributed by atoms with Crippen molar-refractivity contribution in [2.75, 3.05) is 31.1 Å². The number of nitrogens with zero attached hydrogens (tertiary/aromatic N) is 4. The minimum Gasteiger partial charge on any atom is -0.347 e. The summed E-state index contributed by atoms with van der Waals surface area (Å²) >= 11 is 1.65. The number of rotatable bonds is 3. The molecule has 2 fully saturated rings. The molecule has 0 amide bonds. The van der Waals surface area contributed by atoms with E-state index in [1.54, 1.807) is 28.0 Å². The van der Waals surface area contributed by atoms with E-state index in [0.29, 0.717) is 19.6 Å². The molecule has 0 aromatic carbocycles. The topological polar surface area (TPSA) is 66.4 Å². The van der Waals surface area contributed by atoms with Crippen LogP contribution in [0.3, 0.4) is 0 Å². The fraction of sp³-hybridized carbons (Fsp3) is 0.571. The van der Waals surface area contributed by atoms with E-state index in [0.717, 1.165) is 41.2 Å². The molecule has 0 atom stereocenters. The standard InChI is InChI=1S/C14H18N4O2S2/c19-22(20,11-2-3-11)18-7-1-6-17(8-9-18)14-16-12-10-15-5-4-13(12)21-14/h4-5,10-11H,1-3,6-9H2. The first-order valence-electron chi connectivity index (χ1n) is 7.59. The van der Waals surface area contributed by atoms with Gasteiger partial charge in [0.1, 0.15) is 5.52 Å².